The van der Waals surface area contributed by atoms with Crippen LogP contribution in [0.25, 0.3) is 252 Å². The number of hydrogen-bond donors (Lipinski definition) is 0. The summed E-state index contributed by atoms with van der Waals surface area (Å²) < 4.78 is 20.8. The van der Waals surface area contributed by atoms with Crippen LogP contribution in [0.15, 0.2) is 420 Å². The first-order valence-corrected chi connectivity index (χ1v) is 40.1. The van der Waals surface area contributed by atoms with E-state index in [2.05, 4.69) is 388 Å². The summed E-state index contributed by atoms with van der Waals surface area (Å²) in [6, 6.07) is 144. The fourth-order valence-corrected chi connectivity index (χ4v) is 19.8. The minimum absolute atomic E-state index is 0.869. The van der Waals surface area contributed by atoms with Gasteiger partial charge in [0.15, 0.2) is 0 Å². The lowest BCUT2D eigenvalue weighted by atomic mass is 9.84. The van der Waals surface area contributed by atoms with Crippen LogP contribution in [0.2, 0.25) is 0 Å². The number of benzene rings is 21. The van der Waals surface area contributed by atoms with Crippen molar-refractivity contribution in [2.75, 3.05) is 0 Å². The summed E-state index contributed by atoms with van der Waals surface area (Å²) in [5.41, 5.74) is 25.2. The molecule has 0 radical (unpaired) electrons. The summed E-state index contributed by atoms with van der Waals surface area (Å²) in [5.74, 6) is 0. The lowest BCUT2D eigenvalue weighted by Gasteiger charge is -2.18. The molecule has 4 nitrogen and oxygen atoms in total. The van der Waals surface area contributed by atoms with Gasteiger partial charge in [0.2, 0.25) is 0 Å². The van der Waals surface area contributed by atoms with Gasteiger partial charge < -0.3 is 13.3 Å². The van der Waals surface area contributed by atoms with Gasteiger partial charge in [-0.25, -0.2) is 0 Å². The molecular formula is C113H67NO3. The molecule has 0 aliphatic carbocycles. The van der Waals surface area contributed by atoms with Crippen molar-refractivity contribution in [2.24, 2.45) is 0 Å². The first-order valence-electron chi connectivity index (χ1n) is 40.1. The molecule has 4 heterocycles. The predicted octanol–water partition coefficient (Wildman–Crippen LogP) is 32.2. The molecule has 25 rings (SSSR count). The molecule has 0 aliphatic heterocycles. The summed E-state index contributed by atoms with van der Waals surface area (Å²) in [4.78, 5) is 4.72. The van der Waals surface area contributed by atoms with Crippen molar-refractivity contribution in [1.82, 2.24) is 4.98 Å². The second kappa shape index (κ2) is 26.6. The molecule has 0 fully saturated rings. The highest BCUT2D eigenvalue weighted by Crippen LogP contribution is 2.55. The van der Waals surface area contributed by atoms with E-state index in [1.807, 2.05) is 18.3 Å². The van der Waals surface area contributed by atoms with Crippen LogP contribution in [0.1, 0.15) is 0 Å². The predicted molar refractivity (Wildman–Crippen MR) is 494 cm³/mol. The summed E-state index contributed by atoms with van der Waals surface area (Å²) in [6.45, 7) is 0. The number of furan rings is 3. The molecule has 0 bridgehead atoms. The Kier molecular flexibility index (Phi) is 15.0. The molecule has 0 atom stereocenters. The largest absolute Gasteiger partial charge is 0.455 e. The minimum atomic E-state index is 0.869. The quantitative estimate of drug-likeness (QED) is 0.142. The van der Waals surface area contributed by atoms with Crippen molar-refractivity contribution in [3.8, 4) is 89.0 Å². The van der Waals surface area contributed by atoms with Crippen molar-refractivity contribution in [3.63, 3.8) is 0 Å². The molecule has 542 valence electrons. The Labute approximate surface area is 672 Å². The van der Waals surface area contributed by atoms with Gasteiger partial charge in [0.1, 0.15) is 33.5 Å². The molecule has 0 amide bonds. The maximum absolute atomic E-state index is 7.09. The van der Waals surface area contributed by atoms with E-state index in [0.29, 0.717) is 0 Å². The van der Waals surface area contributed by atoms with Gasteiger partial charge in [0.05, 0.1) is 5.52 Å². The molecule has 0 saturated heterocycles. The highest BCUT2D eigenvalue weighted by molar-refractivity contribution is 6.32. The smallest absolute Gasteiger partial charge is 0.143 e. The molecule has 0 unspecified atom stereocenters. The molecular weight excluding hydrogens is 1420 g/mol. The van der Waals surface area contributed by atoms with Crippen LogP contribution in [0, 0.1) is 0 Å². The second-order valence-corrected chi connectivity index (χ2v) is 30.7. The first-order chi connectivity index (χ1) is 58.1. The number of pyridine rings is 1. The Hall–Kier alpha value is -15.5. The number of rotatable bonds is 8. The van der Waals surface area contributed by atoms with E-state index in [4.69, 9.17) is 18.2 Å². The highest BCUT2D eigenvalue weighted by Gasteiger charge is 2.28. The molecule has 117 heavy (non-hydrogen) atoms. The third-order valence-electron chi connectivity index (χ3n) is 24.5. The van der Waals surface area contributed by atoms with E-state index in [1.54, 1.807) is 0 Å². The molecule has 4 heteroatoms. The zero-order valence-corrected chi connectivity index (χ0v) is 63.4. The second-order valence-electron chi connectivity index (χ2n) is 30.7. The zero-order chi connectivity index (χ0) is 76.8. The van der Waals surface area contributed by atoms with E-state index in [9.17, 15) is 0 Å². The lowest BCUT2D eigenvalue weighted by molar-refractivity contribution is 0.670. The van der Waals surface area contributed by atoms with Crippen LogP contribution in [0.4, 0.5) is 0 Å². The van der Waals surface area contributed by atoms with E-state index >= 15 is 0 Å². The van der Waals surface area contributed by atoms with E-state index in [-0.39, 0.29) is 0 Å². The Bertz CT molecular complexity index is 8230. The number of aromatic nitrogens is 1. The van der Waals surface area contributed by atoms with Crippen LogP contribution in [-0.2, 0) is 0 Å². The third-order valence-corrected chi connectivity index (χ3v) is 24.5. The van der Waals surface area contributed by atoms with Crippen molar-refractivity contribution < 1.29 is 13.3 Å². The SMILES string of the molecule is c1ccc(-c2c3ccccc3c(-c3cccc4c3oc3cccc(-c5c6ccccc6c(-c6ccc7cccnc7c6)c6ccccc56)c34)c3ccccc23)cc1.c1ccc(-c2c3ccccc3c(-c3cccc4c3oc3cccc(-c5c6ccccc6c(-c6cccc7c6oc6ccccc67)c6ccccc56)c34)c3ccccc23)cc1. The van der Waals surface area contributed by atoms with E-state index < -0.39 is 0 Å². The Morgan fingerprint density at radius 1 is 0.162 bits per heavy atom. The van der Waals surface area contributed by atoms with Gasteiger partial charge in [-0.05, 0) is 172 Å². The standard InChI is InChI=1S/C58H34O2.C55H33NO/c1-2-17-35(18-3-1)52-37-20-4-6-22-39(37)54(40-23-7-5-21-38(40)52)48-31-15-32-49-56-46(29-16-34-51(56)60-58(48)49)53-41-24-8-10-26-43(41)55(44-27-11-9-25-42(44)53)47-30-14-28-45-36-19-12-13-33-50(36)59-57(45)47;1-2-15-35(16-3-1)50-37-18-4-10-24-43(37)53(44-25-11-5-19-38(44)50)46-27-12-28-47-54-45(26-13-29-49(54)57-55(46)47)52-41-22-8-6-20-39(41)51(40-21-7-9-23-42(40)52)36-31-30-34-17-14-32-56-48(34)33-36/h1-34H;1-33H. The number of fused-ring (bicyclic) bond motifs is 18. The van der Waals surface area contributed by atoms with Crippen LogP contribution in [0.3, 0.4) is 0 Å². The zero-order valence-electron chi connectivity index (χ0n) is 63.4. The Morgan fingerprint density at radius 3 is 0.803 bits per heavy atom. The van der Waals surface area contributed by atoms with Gasteiger partial charge in [0.25, 0.3) is 0 Å². The molecule has 25 aromatic rings. The van der Waals surface area contributed by atoms with Crippen LogP contribution in [0.5, 0.6) is 0 Å². The highest BCUT2D eigenvalue weighted by atomic mass is 16.3. The van der Waals surface area contributed by atoms with E-state index in [1.165, 1.54) is 142 Å². The van der Waals surface area contributed by atoms with Crippen LogP contribution >= 0.6 is 0 Å². The van der Waals surface area contributed by atoms with Crippen molar-refractivity contribution in [3.05, 3.63) is 407 Å². The lowest BCUT2D eigenvalue weighted by Crippen LogP contribution is -1.92. The van der Waals surface area contributed by atoms with Gasteiger partial charge in [-0.15, -0.1) is 0 Å². The van der Waals surface area contributed by atoms with Gasteiger partial charge in [-0.2, -0.15) is 0 Å². The third kappa shape index (κ3) is 10.2. The number of hydrogen-bond acceptors (Lipinski definition) is 4. The van der Waals surface area contributed by atoms with Gasteiger partial charge in [-0.1, -0.05) is 370 Å². The molecule has 4 aromatic heterocycles. The topological polar surface area (TPSA) is 52.3 Å². The summed E-state index contributed by atoms with van der Waals surface area (Å²) in [7, 11) is 0. The average molecular weight is 1490 g/mol. The van der Waals surface area contributed by atoms with Crippen molar-refractivity contribution >= 4 is 163 Å². The summed E-state index contributed by atoms with van der Waals surface area (Å²) >= 11 is 0. The monoisotopic (exact) mass is 1490 g/mol. The summed E-state index contributed by atoms with van der Waals surface area (Å²) in [5, 5.41) is 27.1. The van der Waals surface area contributed by atoms with Crippen molar-refractivity contribution in [2.45, 2.75) is 0 Å². The van der Waals surface area contributed by atoms with Crippen molar-refractivity contribution in [1.29, 1.82) is 0 Å². The van der Waals surface area contributed by atoms with Crippen LogP contribution < -0.4 is 0 Å². The molecule has 0 N–H and O–H groups in total. The molecule has 21 aromatic carbocycles. The first kappa shape index (κ1) is 66.1. The number of nitrogens with zero attached hydrogens (tertiary/aromatic N) is 1. The van der Waals surface area contributed by atoms with Gasteiger partial charge in [0, 0.05) is 77.3 Å². The maximum Gasteiger partial charge on any atom is 0.143 e. The number of para-hydroxylation sites is 4. The summed E-state index contributed by atoms with van der Waals surface area (Å²) in [6.07, 6.45) is 1.87. The fraction of sp³-hybridized carbons (Fsp3) is 0. The van der Waals surface area contributed by atoms with Gasteiger partial charge >= 0.3 is 0 Å². The minimum Gasteiger partial charge on any atom is -0.455 e. The van der Waals surface area contributed by atoms with Crippen LogP contribution in [-0.4, -0.2) is 4.98 Å². The molecule has 0 saturated carbocycles. The Morgan fingerprint density at radius 2 is 0.427 bits per heavy atom. The molecule has 0 aliphatic rings. The maximum atomic E-state index is 7.09. The molecule has 0 spiro atoms. The average Bonchev–Trinajstić information content (AvgIpc) is 1.68. The van der Waals surface area contributed by atoms with Gasteiger partial charge in [-0.3, -0.25) is 4.98 Å². The normalized spacial score (nSPS) is 11.9. The van der Waals surface area contributed by atoms with E-state index in [0.717, 1.165) is 110 Å². The Balaban J connectivity index is 0.000000134. The fourth-order valence-electron chi connectivity index (χ4n) is 19.8.